The number of hydrogen-bond donors (Lipinski definition) is 1. The molecule has 2 aromatic heterocycles. The lowest BCUT2D eigenvalue weighted by atomic mass is 10.1. The first-order chi connectivity index (χ1) is 7.29. The Morgan fingerprint density at radius 1 is 1.47 bits per heavy atom. The number of hydrogen-bond acceptors (Lipinski definition) is 2. The van der Waals surface area contributed by atoms with Gasteiger partial charge in [-0.2, -0.15) is 0 Å². The smallest absolute Gasteiger partial charge is 0.140 e. The van der Waals surface area contributed by atoms with Gasteiger partial charge in [0.1, 0.15) is 5.65 Å². The van der Waals surface area contributed by atoms with E-state index in [9.17, 15) is 0 Å². The summed E-state index contributed by atoms with van der Waals surface area (Å²) in [6.07, 6.45) is 3.81. The Labute approximate surface area is 89.9 Å². The van der Waals surface area contributed by atoms with Crippen LogP contribution in [0.2, 0.25) is 0 Å². The molecule has 0 bridgehead atoms. The van der Waals surface area contributed by atoms with Gasteiger partial charge in [-0.25, -0.2) is 4.98 Å². The van der Waals surface area contributed by atoms with Gasteiger partial charge in [0.15, 0.2) is 0 Å². The van der Waals surface area contributed by atoms with Crippen molar-refractivity contribution in [2.75, 3.05) is 6.54 Å². The Hall–Kier alpha value is -1.35. The Morgan fingerprint density at radius 3 is 2.93 bits per heavy atom. The van der Waals surface area contributed by atoms with E-state index in [-0.39, 0.29) is 0 Å². The van der Waals surface area contributed by atoms with Gasteiger partial charge in [-0.3, -0.25) is 0 Å². The molecule has 0 aliphatic rings. The lowest BCUT2D eigenvalue weighted by molar-refractivity contribution is 0.828. The Bertz CT molecular complexity index is 471. The summed E-state index contributed by atoms with van der Waals surface area (Å²) >= 11 is 0. The standard InChI is InChI=1S/C12H17N3/c1-3-11-9(6-7-13)10-5-4-8-14-12(10)15(11)2/h4-5,8H,3,6-7,13H2,1-2H3. The molecule has 0 aliphatic heterocycles. The summed E-state index contributed by atoms with van der Waals surface area (Å²) in [4.78, 5) is 4.41. The van der Waals surface area contributed by atoms with Gasteiger partial charge in [0, 0.05) is 24.3 Å². The van der Waals surface area contributed by atoms with Crippen LogP contribution in [0.15, 0.2) is 18.3 Å². The van der Waals surface area contributed by atoms with E-state index in [0.717, 1.165) is 18.5 Å². The minimum atomic E-state index is 0.695. The van der Waals surface area contributed by atoms with Crippen LogP contribution < -0.4 is 5.73 Å². The van der Waals surface area contributed by atoms with Crippen molar-refractivity contribution in [2.45, 2.75) is 19.8 Å². The lowest BCUT2D eigenvalue weighted by Crippen LogP contribution is -2.05. The third-order valence-corrected chi connectivity index (χ3v) is 2.91. The molecule has 0 fully saturated rings. The zero-order chi connectivity index (χ0) is 10.8. The van der Waals surface area contributed by atoms with Crippen LogP contribution in [0.3, 0.4) is 0 Å². The number of fused-ring (bicyclic) bond motifs is 1. The highest BCUT2D eigenvalue weighted by Crippen LogP contribution is 2.24. The fourth-order valence-electron chi connectivity index (χ4n) is 2.26. The van der Waals surface area contributed by atoms with Crippen molar-refractivity contribution in [2.24, 2.45) is 12.8 Å². The molecule has 0 spiro atoms. The van der Waals surface area contributed by atoms with Gasteiger partial charge in [-0.1, -0.05) is 6.92 Å². The van der Waals surface area contributed by atoms with Crippen molar-refractivity contribution in [1.82, 2.24) is 9.55 Å². The summed E-state index contributed by atoms with van der Waals surface area (Å²) in [5.41, 5.74) is 9.44. The quantitative estimate of drug-likeness (QED) is 0.824. The third-order valence-electron chi connectivity index (χ3n) is 2.91. The average molecular weight is 203 g/mol. The van der Waals surface area contributed by atoms with Crippen molar-refractivity contribution in [3.8, 4) is 0 Å². The highest BCUT2D eigenvalue weighted by atomic mass is 15.0. The van der Waals surface area contributed by atoms with E-state index in [2.05, 4.69) is 29.6 Å². The second kappa shape index (κ2) is 4.03. The largest absolute Gasteiger partial charge is 0.332 e. The summed E-state index contributed by atoms with van der Waals surface area (Å²) in [7, 11) is 2.08. The zero-order valence-corrected chi connectivity index (χ0v) is 9.33. The van der Waals surface area contributed by atoms with Crippen molar-refractivity contribution in [1.29, 1.82) is 0 Å². The first-order valence-corrected chi connectivity index (χ1v) is 5.40. The highest BCUT2D eigenvalue weighted by molar-refractivity contribution is 5.82. The Morgan fingerprint density at radius 2 is 2.27 bits per heavy atom. The van der Waals surface area contributed by atoms with E-state index in [4.69, 9.17) is 5.73 Å². The lowest BCUT2D eigenvalue weighted by Gasteiger charge is -2.03. The molecule has 2 aromatic rings. The maximum Gasteiger partial charge on any atom is 0.140 e. The molecule has 80 valence electrons. The van der Waals surface area contributed by atoms with Gasteiger partial charge >= 0.3 is 0 Å². The van der Waals surface area contributed by atoms with Crippen molar-refractivity contribution in [3.05, 3.63) is 29.6 Å². The number of rotatable bonds is 3. The number of nitrogens with two attached hydrogens (primary N) is 1. The third kappa shape index (κ3) is 1.53. The van der Waals surface area contributed by atoms with Gasteiger partial charge in [-0.05, 0) is 37.1 Å². The van der Waals surface area contributed by atoms with Gasteiger partial charge in [0.05, 0.1) is 0 Å². The van der Waals surface area contributed by atoms with Crippen LogP contribution >= 0.6 is 0 Å². The monoisotopic (exact) mass is 203 g/mol. The maximum absolute atomic E-state index is 5.65. The number of nitrogens with zero attached hydrogens (tertiary/aromatic N) is 2. The van der Waals surface area contributed by atoms with Gasteiger partial charge in [0.25, 0.3) is 0 Å². The van der Waals surface area contributed by atoms with Crippen LogP contribution in [-0.4, -0.2) is 16.1 Å². The number of aromatic nitrogens is 2. The summed E-state index contributed by atoms with van der Waals surface area (Å²) in [5, 5.41) is 1.25. The molecule has 2 rings (SSSR count). The zero-order valence-electron chi connectivity index (χ0n) is 9.33. The molecule has 0 amide bonds. The topological polar surface area (TPSA) is 43.8 Å². The van der Waals surface area contributed by atoms with Gasteiger partial charge in [-0.15, -0.1) is 0 Å². The van der Waals surface area contributed by atoms with Crippen LogP contribution in [0.1, 0.15) is 18.2 Å². The molecule has 0 atom stereocenters. The van der Waals surface area contributed by atoms with E-state index in [1.807, 2.05) is 12.3 Å². The van der Waals surface area contributed by atoms with Crippen LogP contribution in [-0.2, 0) is 19.9 Å². The fraction of sp³-hybridized carbons (Fsp3) is 0.417. The van der Waals surface area contributed by atoms with Crippen LogP contribution in [0.4, 0.5) is 0 Å². The Kier molecular flexibility index (Phi) is 2.73. The van der Waals surface area contributed by atoms with Crippen LogP contribution in [0.5, 0.6) is 0 Å². The molecule has 0 aliphatic carbocycles. The molecular weight excluding hydrogens is 186 g/mol. The molecule has 3 nitrogen and oxygen atoms in total. The van der Waals surface area contributed by atoms with E-state index in [1.54, 1.807) is 0 Å². The minimum Gasteiger partial charge on any atom is -0.332 e. The molecule has 15 heavy (non-hydrogen) atoms. The molecule has 2 N–H and O–H groups in total. The molecule has 2 heterocycles. The molecule has 0 radical (unpaired) electrons. The normalized spacial score (nSPS) is 11.1. The highest BCUT2D eigenvalue weighted by Gasteiger charge is 2.12. The summed E-state index contributed by atoms with van der Waals surface area (Å²) in [5.74, 6) is 0. The first-order valence-electron chi connectivity index (χ1n) is 5.40. The second-order valence-electron chi connectivity index (χ2n) is 3.75. The summed E-state index contributed by atoms with van der Waals surface area (Å²) in [6.45, 7) is 2.87. The molecule has 0 saturated carbocycles. The van der Waals surface area contributed by atoms with Crippen molar-refractivity contribution < 1.29 is 0 Å². The fourth-order valence-corrected chi connectivity index (χ4v) is 2.26. The van der Waals surface area contributed by atoms with Crippen LogP contribution in [0.25, 0.3) is 11.0 Å². The summed E-state index contributed by atoms with van der Waals surface area (Å²) in [6, 6.07) is 4.12. The molecule has 0 saturated heterocycles. The molecule has 3 heteroatoms. The summed E-state index contributed by atoms with van der Waals surface area (Å²) < 4.78 is 2.18. The van der Waals surface area contributed by atoms with Crippen molar-refractivity contribution in [3.63, 3.8) is 0 Å². The van der Waals surface area contributed by atoms with E-state index < -0.39 is 0 Å². The predicted octanol–water partition coefficient (Wildman–Crippen LogP) is 1.64. The molecule has 0 unspecified atom stereocenters. The number of pyridine rings is 1. The molecular formula is C12H17N3. The first kappa shape index (κ1) is 10.2. The van der Waals surface area contributed by atoms with Gasteiger partial charge < -0.3 is 10.3 Å². The second-order valence-corrected chi connectivity index (χ2v) is 3.75. The minimum absolute atomic E-state index is 0.695. The average Bonchev–Trinajstić information content (AvgIpc) is 2.54. The predicted molar refractivity (Wildman–Crippen MR) is 62.9 cm³/mol. The van der Waals surface area contributed by atoms with Gasteiger partial charge in [0.2, 0.25) is 0 Å². The van der Waals surface area contributed by atoms with E-state index in [1.165, 1.54) is 16.6 Å². The molecule has 0 aromatic carbocycles. The SMILES string of the molecule is CCc1c(CCN)c2cccnc2n1C. The number of aryl methyl sites for hydroxylation is 1. The van der Waals surface area contributed by atoms with E-state index >= 15 is 0 Å². The maximum atomic E-state index is 5.65. The Balaban J connectivity index is 2.73. The van der Waals surface area contributed by atoms with Crippen molar-refractivity contribution >= 4 is 11.0 Å². The van der Waals surface area contributed by atoms with E-state index in [0.29, 0.717) is 6.54 Å². The van der Waals surface area contributed by atoms with Crippen LogP contribution in [0, 0.1) is 0 Å².